The van der Waals surface area contributed by atoms with Crippen molar-refractivity contribution >= 4 is 51.0 Å². The van der Waals surface area contributed by atoms with E-state index in [1.807, 2.05) is 30.0 Å². The second kappa shape index (κ2) is 12.0. The van der Waals surface area contributed by atoms with Gasteiger partial charge < -0.3 is 34.2 Å². The predicted octanol–water partition coefficient (Wildman–Crippen LogP) is 3.54. The molecule has 1 N–H and O–H groups in total. The summed E-state index contributed by atoms with van der Waals surface area (Å²) in [6.45, 7) is 8.88. The molecule has 0 spiro atoms. The van der Waals surface area contributed by atoms with Crippen molar-refractivity contribution in [3.8, 4) is 0 Å². The van der Waals surface area contributed by atoms with Crippen molar-refractivity contribution < 1.29 is 33.3 Å². The Balaban J connectivity index is 0.00000304. The number of thiazole rings is 1. The maximum Gasteiger partial charge on any atom is 0.263 e. The van der Waals surface area contributed by atoms with Crippen LogP contribution in [0.3, 0.4) is 0 Å². The zero-order valence-electron chi connectivity index (χ0n) is 21.0. The molecule has 0 saturated heterocycles. The van der Waals surface area contributed by atoms with E-state index in [2.05, 4.69) is 95.4 Å². The topological polar surface area (TPSA) is 36.2 Å². The highest BCUT2D eigenvalue weighted by molar-refractivity contribution is 8.03. The molecule has 2 aliphatic rings. The van der Waals surface area contributed by atoms with E-state index in [4.69, 9.17) is 0 Å². The summed E-state index contributed by atoms with van der Waals surface area (Å²) in [6, 6.07) is 17.2. The van der Waals surface area contributed by atoms with Crippen molar-refractivity contribution in [2.75, 3.05) is 18.0 Å². The van der Waals surface area contributed by atoms with Gasteiger partial charge in [-0.3, -0.25) is 4.79 Å². The number of hydrogen-bond donors (Lipinski definition) is 1. The Kier molecular flexibility index (Phi) is 8.96. The van der Waals surface area contributed by atoms with Crippen LogP contribution >= 0.6 is 23.1 Å². The maximum atomic E-state index is 12.9. The summed E-state index contributed by atoms with van der Waals surface area (Å²) in [4.78, 5) is 16.6. The highest BCUT2D eigenvalue weighted by Gasteiger charge is 2.28. The molecule has 2 aromatic carbocycles. The number of aryl methyl sites for hydroxylation is 1. The van der Waals surface area contributed by atoms with Crippen molar-refractivity contribution in [1.29, 1.82) is 0 Å². The molecule has 1 unspecified atom stereocenters. The average Bonchev–Trinajstić information content (AvgIpc) is 3.40. The number of aromatic nitrogens is 1. The van der Waals surface area contributed by atoms with Crippen molar-refractivity contribution in [3.63, 3.8) is 0 Å². The Hall–Kier alpha value is -2.10. The lowest BCUT2D eigenvalue weighted by Gasteiger charge is -2.24. The molecule has 4 nitrogen and oxygen atoms in total. The molecule has 1 atom stereocenters. The molecule has 1 amide bonds. The lowest BCUT2D eigenvalue weighted by Crippen LogP contribution is -3.00. The zero-order valence-corrected chi connectivity index (χ0v) is 24.8. The van der Waals surface area contributed by atoms with Gasteiger partial charge in [0.1, 0.15) is 11.2 Å². The van der Waals surface area contributed by atoms with Crippen LogP contribution in [0.1, 0.15) is 38.6 Å². The molecule has 5 rings (SSSR count). The Labute approximate surface area is 239 Å². The predicted molar refractivity (Wildman–Crippen MR) is 149 cm³/mol. The highest BCUT2D eigenvalue weighted by Crippen LogP contribution is 2.46. The summed E-state index contributed by atoms with van der Waals surface area (Å²) in [5, 5.41) is 5.53. The van der Waals surface area contributed by atoms with Gasteiger partial charge in [-0.2, -0.15) is 4.57 Å². The third-order valence-corrected chi connectivity index (χ3v) is 8.81. The Morgan fingerprint density at radius 1 is 1.08 bits per heavy atom. The molecular formula is C29H32IN3OS2. The van der Waals surface area contributed by atoms with Crippen LogP contribution in [0.15, 0.2) is 81.8 Å². The van der Waals surface area contributed by atoms with Gasteiger partial charge in [0.05, 0.1) is 10.7 Å². The second-order valence-corrected chi connectivity index (χ2v) is 11.0. The molecular weight excluding hydrogens is 597 g/mol. The quantitative estimate of drug-likeness (QED) is 0.335. The fourth-order valence-corrected chi connectivity index (χ4v) is 7.40. The Bertz CT molecular complexity index is 1360. The molecule has 1 aliphatic carbocycles. The number of nitrogens with one attached hydrogen (secondary N) is 1. The SMILES string of the molecule is CCNC(=O)C1CC(/C=C2\Sc3ccccc3N2CC)=CC(=C/c2sc3ccccc3[n+]2CC)/C1.[I-]. The number of anilines is 1. The first kappa shape index (κ1) is 26.9. The van der Waals surface area contributed by atoms with Gasteiger partial charge in [0, 0.05) is 36.0 Å². The van der Waals surface area contributed by atoms with Gasteiger partial charge in [-0.15, -0.1) is 0 Å². The van der Waals surface area contributed by atoms with E-state index >= 15 is 0 Å². The van der Waals surface area contributed by atoms with E-state index in [0.29, 0.717) is 6.54 Å². The summed E-state index contributed by atoms with van der Waals surface area (Å²) >= 11 is 3.64. The van der Waals surface area contributed by atoms with E-state index in [1.165, 1.54) is 42.0 Å². The van der Waals surface area contributed by atoms with Gasteiger partial charge in [0.25, 0.3) is 5.01 Å². The molecule has 2 heterocycles. The van der Waals surface area contributed by atoms with Crippen LogP contribution in [-0.4, -0.2) is 19.0 Å². The molecule has 0 bridgehead atoms. The van der Waals surface area contributed by atoms with E-state index < -0.39 is 0 Å². The lowest BCUT2D eigenvalue weighted by atomic mass is 9.85. The van der Waals surface area contributed by atoms with E-state index in [1.54, 1.807) is 0 Å². The largest absolute Gasteiger partial charge is 1.00 e. The summed E-state index contributed by atoms with van der Waals surface area (Å²) in [5.74, 6) is 0.100. The number of nitrogens with zero attached hydrogens (tertiary/aromatic N) is 2. The standard InChI is InChI=1S/C29H31N3OS2.HI/c1-4-30-29(33)22-16-20(18-27-31(5-2)23-11-7-9-13-25(23)34-27)15-21(17-22)19-28-32(6-3)24-12-8-10-14-26(24)35-28;/h7-15,18-19,22H,4-6,16-17H2,1-3H3;1H. The average molecular weight is 630 g/mol. The summed E-state index contributed by atoms with van der Waals surface area (Å²) < 4.78 is 3.67. The van der Waals surface area contributed by atoms with Crippen molar-refractivity contribution in [2.24, 2.45) is 5.92 Å². The van der Waals surface area contributed by atoms with Gasteiger partial charge >= 0.3 is 0 Å². The van der Waals surface area contributed by atoms with Gasteiger partial charge in [-0.25, -0.2) is 0 Å². The maximum absolute atomic E-state index is 12.9. The minimum absolute atomic E-state index is 0. The molecule has 0 radical (unpaired) electrons. The third-order valence-electron chi connectivity index (χ3n) is 6.58. The number of rotatable bonds is 6. The van der Waals surface area contributed by atoms with Gasteiger partial charge in [-0.05, 0) is 69.0 Å². The molecule has 0 fully saturated rings. The number of amides is 1. The molecule has 188 valence electrons. The van der Waals surface area contributed by atoms with Crippen LogP contribution in [0.2, 0.25) is 0 Å². The van der Waals surface area contributed by atoms with Crippen molar-refractivity contribution in [2.45, 2.75) is 45.1 Å². The second-order valence-electron chi connectivity index (χ2n) is 8.89. The van der Waals surface area contributed by atoms with E-state index in [-0.39, 0.29) is 35.8 Å². The minimum Gasteiger partial charge on any atom is -1.00 e. The first-order valence-corrected chi connectivity index (χ1v) is 14.1. The number of hydrogen-bond acceptors (Lipinski definition) is 4. The Morgan fingerprint density at radius 3 is 2.64 bits per heavy atom. The molecule has 7 heteroatoms. The molecule has 36 heavy (non-hydrogen) atoms. The van der Waals surface area contributed by atoms with Crippen LogP contribution in [0.5, 0.6) is 0 Å². The van der Waals surface area contributed by atoms with Crippen LogP contribution < -0.4 is 38.8 Å². The number of thioether (sulfide) groups is 1. The fraction of sp³-hybridized carbons (Fsp3) is 0.310. The summed E-state index contributed by atoms with van der Waals surface area (Å²) in [5.41, 5.74) is 4.98. The van der Waals surface area contributed by atoms with Crippen LogP contribution in [0, 0.1) is 5.92 Å². The number of carbonyl (C=O) groups is 1. The summed E-state index contributed by atoms with van der Waals surface area (Å²) in [6.07, 6.45) is 8.44. The molecule has 3 aromatic rings. The lowest BCUT2D eigenvalue weighted by molar-refractivity contribution is -0.665. The number of allylic oxidation sites excluding steroid dienone is 4. The molecule has 1 aliphatic heterocycles. The van der Waals surface area contributed by atoms with Gasteiger partial charge in [0.15, 0.2) is 0 Å². The Morgan fingerprint density at radius 2 is 1.86 bits per heavy atom. The monoisotopic (exact) mass is 629 g/mol. The first-order valence-electron chi connectivity index (χ1n) is 12.5. The zero-order chi connectivity index (χ0) is 24.4. The highest BCUT2D eigenvalue weighted by atomic mass is 127. The fourth-order valence-electron chi connectivity index (χ4n) is 4.99. The number of para-hydroxylation sites is 2. The number of fused-ring (bicyclic) bond motifs is 2. The van der Waals surface area contributed by atoms with Crippen molar-refractivity contribution in [1.82, 2.24) is 5.32 Å². The van der Waals surface area contributed by atoms with Crippen LogP contribution in [-0.2, 0) is 11.3 Å². The molecule has 1 aromatic heterocycles. The molecule has 0 saturated carbocycles. The van der Waals surface area contributed by atoms with Gasteiger partial charge in [-0.1, -0.05) is 53.4 Å². The first-order chi connectivity index (χ1) is 17.1. The third kappa shape index (κ3) is 5.43. The number of halogens is 1. The smallest absolute Gasteiger partial charge is 0.263 e. The minimum atomic E-state index is -0.0497. The normalized spacial score (nSPS) is 19.4. The van der Waals surface area contributed by atoms with Crippen LogP contribution in [0.25, 0.3) is 16.3 Å². The van der Waals surface area contributed by atoms with Crippen LogP contribution in [0.4, 0.5) is 5.69 Å². The van der Waals surface area contributed by atoms with E-state index in [9.17, 15) is 4.79 Å². The summed E-state index contributed by atoms with van der Waals surface area (Å²) in [7, 11) is 0. The van der Waals surface area contributed by atoms with Gasteiger partial charge in [0.2, 0.25) is 11.4 Å². The number of benzene rings is 2. The number of carbonyl (C=O) groups excluding carboxylic acids is 1. The van der Waals surface area contributed by atoms with Crippen molar-refractivity contribution in [3.05, 3.63) is 81.9 Å². The van der Waals surface area contributed by atoms with E-state index in [0.717, 1.165) is 25.9 Å².